The van der Waals surface area contributed by atoms with Gasteiger partial charge < -0.3 is 10.1 Å². The van der Waals surface area contributed by atoms with Crippen molar-refractivity contribution in [3.8, 4) is 5.75 Å². The number of benzene rings is 2. The first-order valence-electron chi connectivity index (χ1n) is 7.94. The molecule has 2 amide bonds. The third-order valence-electron chi connectivity index (χ3n) is 4.12. The SMILES string of the molecule is Cc1ccc(NC(=O)CN2C(=O)CCOc3ccccc32)cc1C. The van der Waals surface area contributed by atoms with Crippen LogP contribution >= 0.6 is 0 Å². The maximum Gasteiger partial charge on any atom is 0.244 e. The molecule has 0 saturated carbocycles. The first-order valence-corrected chi connectivity index (χ1v) is 7.94. The van der Waals surface area contributed by atoms with E-state index in [1.165, 1.54) is 10.5 Å². The van der Waals surface area contributed by atoms with Gasteiger partial charge in [-0.05, 0) is 49.2 Å². The van der Waals surface area contributed by atoms with E-state index in [4.69, 9.17) is 4.74 Å². The average Bonchev–Trinajstić information content (AvgIpc) is 2.71. The molecule has 0 spiro atoms. The Morgan fingerprint density at radius 2 is 1.96 bits per heavy atom. The van der Waals surface area contributed by atoms with Crippen LogP contribution in [-0.2, 0) is 9.59 Å². The van der Waals surface area contributed by atoms with Crippen LogP contribution < -0.4 is 15.0 Å². The highest BCUT2D eigenvalue weighted by atomic mass is 16.5. The number of anilines is 2. The Labute approximate surface area is 141 Å². The van der Waals surface area contributed by atoms with E-state index >= 15 is 0 Å². The van der Waals surface area contributed by atoms with Gasteiger partial charge in [-0.3, -0.25) is 14.5 Å². The van der Waals surface area contributed by atoms with Gasteiger partial charge in [0.1, 0.15) is 12.3 Å². The fraction of sp³-hybridized carbons (Fsp3) is 0.263. The maximum absolute atomic E-state index is 12.4. The molecule has 1 aliphatic heterocycles. The Balaban J connectivity index is 1.77. The van der Waals surface area contributed by atoms with Gasteiger partial charge in [-0.25, -0.2) is 0 Å². The van der Waals surface area contributed by atoms with Crippen LogP contribution in [0.15, 0.2) is 42.5 Å². The van der Waals surface area contributed by atoms with Crippen molar-refractivity contribution in [2.45, 2.75) is 20.3 Å². The first kappa shape index (κ1) is 16.1. The maximum atomic E-state index is 12.4. The molecule has 1 N–H and O–H groups in total. The molecule has 0 unspecified atom stereocenters. The fourth-order valence-electron chi connectivity index (χ4n) is 2.66. The van der Waals surface area contributed by atoms with Gasteiger partial charge in [0.25, 0.3) is 0 Å². The number of hydrogen-bond acceptors (Lipinski definition) is 3. The smallest absolute Gasteiger partial charge is 0.244 e. The van der Waals surface area contributed by atoms with Gasteiger partial charge in [0.15, 0.2) is 0 Å². The van der Waals surface area contributed by atoms with Gasteiger partial charge in [-0.2, -0.15) is 0 Å². The molecule has 0 saturated heterocycles. The van der Waals surface area contributed by atoms with E-state index in [1.807, 2.05) is 50.2 Å². The van der Waals surface area contributed by atoms with E-state index in [0.717, 1.165) is 11.3 Å². The second kappa shape index (κ2) is 6.74. The Hall–Kier alpha value is -2.82. The molecule has 5 heteroatoms. The lowest BCUT2D eigenvalue weighted by atomic mass is 10.1. The number of fused-ring (bicyclic) bond motifs is 1. The lowest BCUT2D eigenvalue weighted by Crippen LogP contribution is -2.37. The molecule has 0 aliphatic carbocycles. The van der Waals surface area contributed by atoms with Gasteiger partial charge in [-0.1, -0.05) is 18.2 Å². The molecule has 24 heavy (non-hydrogen) atoms. The van der Waals surface area contributed by atoms with E-state index in [-0.39, 0.29) is 24.8 Å². The quantitative estimate of drug-likeness (QED) is 0.944. The van der Waals surface area contributed by atoms with Crippen LogP contribution in [0.1, 0.15) is 17.5 Å². The van der Waals surface area contributed by atoms with Crippen LogP contribution in [0.3, 0.4) is 0 Å². The topological polar surface area (TPSA) is 58.6 Å². The lowest BCUT2D eigenvalue weighted by molar-refractivity contribution is -0.121. The molecule has 0 fully saturated rings. The Morgan fingerprint density at radius 3 is 2.75 bits per heavy atom. The molecular weight excluding hydrogens is 304 g/mol. The number of rotatable bonds is 3. The van der Waals surface area contributed by atoms with Crippen LogP contribution in [0.25, 0.3) is 0 Å². The summed E-state index contributed by atoms with van der Waals surface area (Å²) >= 11 is 0. The van der Waals surface area contributed by atoms with Crippen molar-refractivity contribution in [2.24, 2.45) is 0 Å². The molecule has 5 nitrogen and oxygen atoms in total. The lowest BCUT2D eigenvalue weighted by Gasteiger charge is -2.21. The standard InChI is InChI=1S/C19H20N2O3/c1-13-7-8-15(11-14(13)2)20-18(22)12-21-16-5-3-4-6-17(16)24-10-9-19(21)23/h3-8,11H,9-10,12H2,1-2H3,(H,20,22). The summed E-state index contributed by atoms with van der Waals surface area (Å²) in [6.07, 6.45) is 0.256. The second-order valence-corrected chi connectivity index (χ2v) is 5.89. The molecule has 1 aliphatic rings. The molecule has 2 aromatic carbocycles. The summed E-state index contributed by atoms with van der Waals surface area (Å²) in [7, 11) is 0. The van der Waals surface area contributed by atoms with Crippen molar-refractivity contribution in [1.29, 1.82) is 0 Å². The van der Waals surface area contributed by atoms with Crippen LogP contribution in [0.4, 0.5) is 11.4 Å². The predicted octanol–water partition coefficient (Wildman–Crippen LogP) is 3.06. The largest absolute Gasteiger partial charge is 0.491 e. The zero-order valence-corrected chi connectivity index (χ0v) is 13.8. The Morgan fingerprint density at radius 1 is 1.17 bits per heavy atom. The predicted molar refractivity (Wildman–Crippen MR) is 93.5 cm³/mol. The summed E-state index contributed by atoms with van der Waals surface area (Å²) in [4.78, 5) is 26.2. The number of carbonyl (C=O) groups excluding carboxylic acids is 2. The minimum atomic E-state index is -0.233. The molecule has 3 rings (SSSR count). The Bertz CT molecular complexity index is 786. The van der Waals surface area contributed by atoms with Crippen molar-refractivity contribution in [3.63, 3.8) is 0 Å². The summed E-state index contributed by atoms with van der Waals surface area (Å²) < 4.78 is 5.58. The number of aryl methyl sites for hydroxylation is 2. The van der Waals surface area contributed by atoms with Crippen molar-refractivity contribution < 1.29 is 14.3 Å². The summed E-state index contributed by atoms with van der Waals surface area (Å²) in [5.74, 6) is 0.279. The molecule has 0 atom stereocenters. The van der Waals surface area contributed by atoms with Gasteiger partial charge in [0.05, 0.1) is 18.7 Å². The minimum Gasteiger partial charge on any atom is -0.491 e. The molecule has 0 radical (unpaired) electrons. The normalized spacial score (nSPS) is 13.8. The number of amides is 2. The van der Waals surface area contributed by atoms with Gasteiger partial charge in [0, 0.05) is 5.69 Å². The average molecular weight is 324 g/mol. The highest BCUT2D eigenvalue weighted by molar-refractivity contribution is 6.03. The Kier molecular flexibility index (Phi) is 4.51. The number of nitrogens with zero attached hydrogens (tertiary/aromatic N) is 1. The summed E-state index contributed by atoms with van der Waals surface area (Å²) in [5.41, 5.74) is 3.64. The van der Waals surface area contributed by atoms with Crippen molar-refractivity contribution in [3.05, 3.63) is 53.6 Å². The molecule has 0 bridgehead atoms. The molecule has 1 heterocycles. The third kappa shape index (κ3) is 3.40. The summed E-state index contributed by atoms with van der Waals surface area (Å²) in [6, 6.07) is 13.0. The fourth-order valence-corrected chi connectivity index (χ4v) is 2.66. The first-order chi connectivity index (χ1) is 11.5. The van der Waals surface area contributed by atoms with Gasteiger partial charge >= 0.3 is 0 Å². The third-order valence-corrected chi connectivity index (χ3v) is 4.12. The summed E-state index contributed by atoms with van der Waals surface area (Å²) in [5, 5.41) is 2.86. The second-order valence-electron chi connectivity index (χ2n) is 5.89. The zero-order chi connectivity index (χ0) is 17.1. The number of carbonyl (C=O) groups is 2. The van der Waals surface area contributed by atoms with E-state index in [2.05, 4.69) is 5.32 Å². The number of para-hydroxylation sites is 2. The molecule has 2 aromatic rings. The van der Waals surface area contributed by atoms with E-state index in [1.54, 1.807) is 6.07 Å². The van der Waals surface area contributed by atoms with Crippen LogP contribution in [0.2, 0.25) is 0 Å². The van der Waals surface area contributed by atoms with Crippen LogP contribution in [0, 0.1) is 13.8 Å². The summed E-state index contributed by atoms with van der Waals surface area (Å²) in [6.45, 7) is 4.31. The van der Waals surface area contributed by atoms with E-state index in [9.17, 15) is 9.59 Å². The van der Waals surface area contributed by atoms with Gasteiger partial charge in [0.2, 0.25) is 11.8 Å². The van der Waals surface area contributed by atoms with Crippen molar-refractivity contribution >= 4 is 23.2 Å². The number of nitrogens with one attached hydrogen (secondary N) is 1. The zero-order valence-electron chi connectivity index (χ0n) is 13.8. The monoisotopic (exact) mass is 324 g/mol. The van der Waals surface area contributed by atoms with Gasteiger partial charge in [-0.15, -0.1) is 0 Å². The molecular formula is C19H20N2O3. The number of hydrogen-bond donors (Lipinski definition) is 1. The van der Waals surface area contributed by atoms with Crippen LogP contribution in [0.5, 0.6) is 5.75 Å². The minimum absolute atomic E-state index is 0.0356. The van der Waals surface area contributed by atoms with E-state index in [0.29, 0.717) is 18.0 Å². The van der Waals surface area contributed by atoms with E-state index < -0.39 is 0 Å². The highest BCUT2D eigenvalue weighted by Crippen LogP contribution is 2.30. The van der Waals surface area contributed by atoms with Crippen molar-refractivity contribution in [2.75, 3.05) is 23.4 Å². The highest BCUT2D eigenvalue weighted by Gasteiger charge is 2.25. The van der Waals surface area contributed by atoms with Crippen molar-refractivity contribution in [1.82, 2.24) is 0 Å². The van der Waals surface area contributed by atoms with Crippen LogP contribution in [-0.4, -0.2) is 25.0 Å². The molecule has 0 aromatic heterocycles. The molecule has 124 valence electrons. The number of ether oxygens (including phenoxy) is 1.